The SMILES string of the molecule is COc1ccccc1NS(=O)(=O)c1cc(C(=O)Nc2ccc(OC)c(OC)c2)ccc1C. The molecule has 0 bridgehead atoms. The maximum atomic E-state index is 13.0. The molecule has 1 amide bonds. The van der Waals surface area contributed by atoms with E-state index in [0.717, 1.165) is 0 Å². The average molecular weight is 457 g/mol. The summed E-state index contributed by atoms with van der Waals surface area (Å²) in [6.07, 6.45) is 0. The Hall–Kier alpha value is -3.72. The summed E-state index contributed by atoms with van der Waals surface area (Å²) in [5, 5.41) is 2.74. The zero-order chi connectivity index (χ0) is 23.3. The normalized spacial score (nSPS) is 10.9. The highest BCUT2D eigenvalue weighted by Gasteiger charge is 2.21. The Morgan fingerprint density at radius 1 is 0.812 bits per heavy atom. The van der Waals surface area contributed by atoms with Gasteiger partial charge in [0.2, 0.25) is 0 Å². The molecule has 3 aromatic carbocycles. The molecule has 0 saturated carbocycles. The molecule has 0 radical (unpaired) electrons. The molecule has 0 saturated heterocycles. The van der Waals surface area contributed by atoms with Crippen molar-refractivity contribution in [2.45, 2.75) is 11.8 Å². The van der Waals surface area contributed by atoms with Gasteiger partial charge in [0.25, 0.3) is 15.9 Å². The van der Waals surface area contributed by atoms with Crippen LogP contribution in [0.5, 0.6) is 17.2 Å². The Kier molecular flexibility index (Phi) is 6.89. The lowest BCUT2D eigenvalue weighted by molar-refractivity contribution is 0.102. The third kappa shape index (κ3) is 4.94. The largest absolute Gasteiger partial charge is 0.495 e. The summed E-state index contributed by atoms with van der Waals surface area (Å²) < 4.78 is 44.3. The Balaban J connectivity index is 1.88. The number of benzene rings is 3. The third-order valence-electron chi connectivity index (χ3n) is 4.73. The van der Waals surface area contributed by atoms with Crippen molar-refractivity contribution in [3.63, 3.8) is 0 Å². The minimum absolute atomic E-state index is 0.0108. The maximum Gasteiger partial charge on any atom is 0.262 e. The molecule has 0 unspecified atom stereocenters. The second-order valence-electron chi connectivity index (χ2n) is 6.81. The number of methoxy groups -OCH3 is 3. The zero-order valence-corrected chi connectivity index (χ0v) is 18.9. The van der Waals surface area contributed by atoms with Crippen LogP contribution in [0.1, 0.15) is 15.9 Å². The zero-order valence-electron chi connectivity index (χ0n) is 18.1. The molecular formula is C23H24N2O6S. The molecule has 0 aliphatic rings. The number of carbonyl (C=O) groups is 1. The van der Waals surface area contributed by atoms with Gasteiger partial charge < -0.3 is 19.5 Å². The van der Waals surface area contributed by atoms with Gasteiger partial charge in [-0.05, 0) is 48.9 Å². The van der Waals surface area contributed by atoms with Crippen molar-refractivity contribution in [1.82, 2.24) is 0 Å². The monoisotopic (exact) mass is 456 g/mol. The molecule has 0 aliphatic heterocycles. The lowest BCUT2D eigenvalue weighted by atomic mass is 10.1. The van der Waals surface area contributed by atoms with Crippen molar-refractivity contribution in [2.24, 2.45) is 0 Å². The number of anilines is 2. The fourth-order valence-electron chi connectivity index (χ4n) is 3.08. The molecule has 3 aromatic rings. The van der Waals surface area contributed by atoms with Crippen molar-refractivity contribution in [3.8, 4) is 17.2 Å². The van der Waals surface area contributed by atoms with Gasteiger partial charge in [-0.25, -0.2) is 8.42 Å². The number of rotatable bonds is 8. The number of aryl methyl sites for hydroxylation is 1. The first-order chi connectivity index (χ1) is 15.3. The van der Waals surface area contributed by atoms with E-state index in [1.54, 1.807) is 61.5 Å². The number of sulfonamides is 1. The molecule has 0 fully saturated rings. The van der Waals surface area contributed by atoms with Gasteiger partial charge in [-0.3, -0.25) is 9.52 Å². The van der Waals surface area contributed by atoms with E-state index in [1.165, 1.54) is 27.4 Å². The standard InChI is InChI=1S/C23H24N2O6S/c1-15-9-10-16(23(26)24-17-11-12-20(30-3)21(14-17)31-4)13-22(15)32(27,28)25-18-7-5-6-8-19(18)29-2/h5-14,25H,1-4H3,(H,24,26). The molecule has 0 spiro atoms. The number of nitrogens with one attached hydrogen (secondary N) is 2. The summed E-state index contributed by atoms with van der Waals surface area (Å²) in [5.74, 6) is 0.900. The highest BCUT2D eigenvalue weighted by molar-refractivity contribution is 7.92. The number of amides is 1. The van der Waals surface area contributed by atoms with Gasteiger partial charge in [0.05, 0.1) is 31.9 Å². The summed E-state index contributed by atoms with van der Waals surface area (Å²) in [4.78, 5) is 12.8. The fraction of sp³-hybridized carbons (Fsp3) is 0.174. The quantitative estimate of drug-likeness (QED) is 0.530. The van der Waals surface area contributed by atoms with Crippen molar-refractivity contribution < 1.29 is 27.4 Å². The Morgan fingerprint density at radius 2 is 1.50 bits per heavy atom. The van der Waals surface area contributed by atoms with Gasteiger partial charge in [-0.2, -0.15) is 0 Å². The van der Waals surface area contributed by atoms with Gasteiger partial charge in [0, 0.05) is 17.3 Å². The van der Waals surface area contributed by atoms with Crippen LogP contribution in [0.3, 0.4) is 0 Å². The first kappa shape index (κ1) is 23.0. The van der Waals surface area contributed by atoms with E-state index in [0.29, 0.717) is 34.2 Å². The van der Waals surface area contributed by atoms with Crippen LogP contribution in [0.15, 0.2) is 65.6 Å². The minimum Gasteiger partial charge on any atom is -0.495 e. The van der Waals surface area contributed by atoms with E-state index in [2.05, 4.69) is 10.0 Å². The number of ether oxygens (including phenoxy) is 3. The van der Waals surface area contributed by atoms with Crippen LogP contribution in [-0.2, 0) is 10.0 Å². The van der Waals surface area contributed by atoms with Crippen molar-refractivity contribution >= 4 is 27.3 Å². The maximum absolute atomic E-state index is 13.0. The fourth-order valence-corrected chi connectivity index (χ4v) is 4.42. The van der Waals surface area contributed by atoms with E-state index in [-0.39, 0.29) is 10.5 Å². The molecule has 32 heavy (non-hydrogen) atoms. The minimum atomic E-state index is -3.97. The molecule has 3 rings (SSSR count). The molecule has 0 heterocycles. The van der Waals surface area contributed by atoms with Gasteiger partial charge in [0.1, 0.15) is 5.75 Å². The van der Waals surface area contributed by atoms with Gasteiger partial charge in [0.15, 0.2) is 11.5 Å². The average Bonchev–Trinajstić information content (AvgIpc) is 2.79. The highest BCUT2D eigenvalue weighted by atomic mass is 32.2. The number of carbonyl (C=O) groups excluding carboxylic acids is 1. The topological polar surface area (TPSA) is 103 Å². The number of hydrogen-bond acceptors (Lipinski definition) is 6. The van der Waals surface area contributed by atoms with Crippen LogP contribution >= 0.6 is 0 Å². The van der Waals surface area contributed by atoms with Gasteiger partial charge in [-0.1, -0.05) is 18.2 Å². The van der Waals surface area contributed by atoms with E-state index >= 15 is 0 Å². The van der Waals surface area contributed by atoms with Crippen molar-refractivity contribution in [1.29, 1.82) is 0 Å². The number of hydrogen-bond donors (Lipinski definition) is 2. The van der Waals surface area contributed by atoms with Crippen LogP contribution in [0.2, 0.25) is 0 Å². The first-order valence-corrected chi connectivity index (χ1v) is 11.1. The Morgan fingerprint density at radius 3 is 2.19 bits per heavy atom. The summed E-state index contributed by atoms with van der Waals surface area (Å²) in [7, 11) is 0.497. The molecule has 2 N–H and O–H groups in total. The molecule has 0 aliphatic carbocycles. The summed E-state index contributed by atoms with van der Waals surface area (Å²) in [5.41, 5.74) is 1.46. The molecule has 8 nitrogen and oxygen atoms in total. The van der Waals surface area contributed by atoms with Crippen LogP contribution < -0.4 is 24.2 Å². The predicted molar refractivity (Wildman–Crippen MR) is 122 cm³/mol. The second kappa shape index (κ2) is 9.61. The summed E-state index contributed by atoms with van der Waals surface area (Å²) >= 11 is 0. The van der Waals surface area contributed by atoms with E-state index in [9.17, 15) is 13.2 Å². The number of para-hydroxylation sites is 2. The molecule has 168 valence electrons. The van der Waals surface area contributed by atoms with Crippen LogP contribution in [0.25, 0.3) is 0 Å². The van der Waals surface area contributed by atoms with Gasteiger partial charge in [-0.15, -0.1) is 0 Å². The van der Waals surface area contributed by atoms with E-state index < -0.39 is 15.9 Å². The smallest absolute Gasteiger partial charge is 0.262 e. The lowest BCUT2D eigenvalue weighted by Gasteiger charge is -2.14. The molecule has 9 heteroatoms. The van der Waals surface area contributed by atoms with Crippen molar-refractivity contribution in [2.75, 3.05) is 31.4 Å². The molecule has 0 aromatic heterocycles. The first-order valence-electron chi connectivity index (χ1n) is 9.59. The predicted octanol–water partition coefficient (Wildman–Crippen LogP) is 4.07. The third-order valence-corrected chi connectivity index (χ3v) is 6.24. The van der Waals surface area contributed by atoms with E-state index in [1.807, 2.05) is 0 Å². The molecule has 0 atom stereocenters. The van der Waals surface area contributed by atoms with Crippen LogP contribution in [-0.4, -0.2) is 35.7 Å². The lowest BCUT2D eigenvalue weighted by Crippen LogP contribution is -2.17. The summed E-state index contributed by atoms with van der Waals surface area (Å²) in [6, 6.07) is 16.1. The van der Waals surface area contributed by atoms with Crippen molar-refractivity contribution in [3.05, 3.63) is 71.8 Å². The molecular weight excluding hydrogens is 432 g/mol. The summed E-state index contributed by atoms with van der Waals surface area (Å²) in [6.45, 7) is 1.66. The van der Waals surface area contributed by atoms with E-state index in [4.69, 9.17) is 14.2 Å². The Labute approximate surface area is 187 Å². The Bertz CT molecular complexity index is 1240. The van der Waals surface area contributed by atoms with Gasteiger partial charge >= 0.3 is 0 Å². The highest BCUT2D eigenvalue weighted by Crippen LogP contribution is 2.30. The second-order valence-corrected chi connectivity index (χ2v) is 8.46. The van der Waals surface area contributed by atoms with Crippen LogP contribution in [0, 0.1) is 6.92 Å². The van der Waals surface area contributed by atoms with Crippen LogP contribution in [0.4, 0.5) is 11.4 Å².